The van der Waals surface area contributed by atoms with Crippen LogP contribution in [0.15, 0.2) is 12.1 Å². The van der Waals surface area contributed by atoms with Gasteiger partial charge in [0.15, 0.2) is 0 Å². The van der Waals surface area contributed by atoms with Gasteiger partial charge in [-0.15, -0.1) is 11.3 Å². The third kappa shape index (κ3) is 3.72. The molecule has 3 fully saturated rings. The summed E-state index contributed by atoms with van der Waals surface area (Å²) in [4.78, 5) is 33.0. The van der Waals surface area contributed by atoms with Gasteiger partial charge in [-0.2, -0.15) is 0 Å². The van der Waals surface area contributed by atoms with Crippen LogP contribution in [-0.2, 0) is 4.74 Å². The highest BCUT2D eigenvalue weighted by Crippen LogP contribution is 2.30. The molecule has 0 spiro atoms. The van der Waals surface area contributed by atoms with Crippen LogP contribution in [-0.4, -0.2) is 85.7 Å². The number of morpholine rings is 1. The Balaban J connectivity index is 1.31. The second-order valence-corrected chi connectivity index (χ2v) is 8.13. The summed E-state index contributed by atoms with van der Waals surface area (Å²) >= 11 is 1.61. The van der Waals surface area contributed by atoms with Crippen molar-refractivity contribution >= 4 is 23.3 Å². The Bertz CT molecular complexity index is 645. The van der Waals surface area contributed by atoms with Crippen molar-refractivity contribution in [3.05, 3.63) is 21.9 Å². The zero-order chi connectivity index (χ0) is 17.9. The van der Waals surface area contributed by atoms with Gasteiger partial charge in [-0.25, -0.2) is 4.79 Å². The average molecular weight is 378 g/mol. The Labute approximate surface area is 157 Å². The molecule has 3 saturated heterocycles. The molecule has 1 aromatic rings. The van der Waals surface area contributed by atoms with Crippen molar-refractivity contribution in [3.8, 4) is 0 Å². The summed E-state index contributed by atoms with van der Waals surface area (Å²) in [6.45, 7) is 6.01. The lowest BCUT2D eigenvalue weighted by Gasteiger charge is -2.38. The number of thiophene rings is 1. The molecule has 3 amide bonds. The normalized spacial score (nSPS) is 24.2. The minimum absolute atomic E-state index is 0.0751. The summed E-state index contributed by atoms with van der Waals surface area (Å²) in [6.07, 6.45) is 2.35. The van der Waals surface area contributed by atoms with Crippen molar-refractivity contribution in [3.63, 3.8) is 0 Å². The van der Waals surface area contributed by atoms with Crippen molar-refractivity contribution in [2.45, 2.75) is 18.9 Å². The van der Waals surface area contributed by atoms with E-state index < -0.39 is 0 Å². The molecule has 142 valence electrons. The molecule has 0 aromatic carbocycles. The zero-order valence-corrected chi connectivity index (χ0v) is 15.8. The summed E-state index contributed by atoms with van der Waals surface area (Å²) < 4.78 is 5.30. The number of rotatable bonds is 2. The average Bonchev–Trinajstić information content (AvgIpc) is 3.39. The summed E-state index contributed by atoms with van der Waals surface area (Å²) in [5.41, 5.74) is 0. The minimum Gasteiger partial charge on any atom is -0.378 e. The summed E-state index contributed by atoms with van der Waals surface area (Å²) in [5.74, 6) is 0.0951. The van der Waals surface area contributed by atoms with E-state index in [2.05, 4.69) is 11.4 Å². The fraction of sp³-hybridized carbons (Fsp3) is 0.667. The Morgan fingerprint density at radius 2 is 1.69 bits per heavy atom. The van der Waals surface area contributed by atoms with Gasteiger partial charge in [-0.3, -0.25) is 4.79 Å². The molecule has 0 aliphatic carbocycles. The molecular weight excluding hydrogens is 352 g/mol. The molecule has 26 heavy (non-hydrogen) atoms. The standard InChI is InChI=1S/C18H26N4O3S/c23-17(16-4-3-15(26-16)14-2-1-5-19-14)20-6-8-21(9-7-20)18(24)22-10-12-25-13-11-22/h3-4,14,19H,1-2,5-13H2. The van der Waals surface area contributed by atoms with Gasteiger partial charge in [-0.05, 0) is 31.5 Å². The number of amides is 3. The van der Waals surface area contributed by atoms with Crippen molar-refractivity contribution in [1.29, 1.82) is 0 Å². The summed E-state index contributed by atoms with van der Waals surface area (Å²) in [7, 11) is 0. The first-order valence-electron chi connectivity index (χ1n) is 9.46. The molecule has 1 unspecified atom stereocenters. The van der Waals surface area contributed by atoms with Gasteiger partial charge in [-0.1, -0.05) is 0 Å². The molecular formula is C18H26N4O3S. The molecule has 1 atom stereocenters. The Hall–Kier alpha value is -1.64. The van der Waals surface area contributed by atoms with E-state index in [1.807, 2.05) is 20.8 Å². The lowest BCUT2D eigenvalue weighted by Crippen LogP contribution is -2.55. The fourth-order valence-electron chi connectivity index (χ4n) is 3.79. The smallest absolute Gasteiger partial charge is 0.320 e. The van der Waals surface area contributed by atoms with E-state index in [0.29, 0.717) is 58.5 Å². The van der Waals surface area contributed by atoms with Crippen molar-refractivity contribution in [1.82, 2.24) is 20.0 Å². The number of hydrogen-bond acceptors (Lipinski definition) is 5. The van der Waals surface area contributed by atoms with Crippen LogP contribution in [0.25, 0.3) is 0 Å². The molecule has 4 rings (SSSR count). The first kappa shape index (κ1) is 17.8. The van der Waals surface area contributed by atoms with Gasteiger partial charge in [0.2, 0.25) is 0 Å². The second-order valence-electron chi connectivity index (χ2n) is 7.01. The quantitative estimate of drug-likeness (QED) is 0.845. The molecule has 1 N–H and O–H groups in total. The highest BCUT2D eigenvalue weighted by Gasteiger charge is 2.29. The third-order valence-corrected chi connectivity index (χ3v) is 6.55. The van der Waals surface area contributed by atoms with Crippen LogP contribution in [0.4, 0.5) is 4.79 Å². The summed E-state index contributed by atoms with van der Waals surface area (Å²) in [5, 5.41) is 3.48. The van der Waals surface area contributed by atoms with Gasteiger partial charge in [0.25, 0.3) is 5.91 Å². The first-order chi connectivity index (χ1) is 12.7. The van der Waals surface area contributed by atoms with Crippen molar-refractivity contribution in [2.24, 2.45) is 0 Å². The van der Waals surface area contributed by atoms with E-state index in [9.17, 15) is 9.59 Å². The van der Waals surface area contributed by atoms with Crippen LogP contribution in [0.1, 0.15) is 33.4 Å². The lowest BCUT2D eigenvalue weighted by atomic mass is 10.2. The highest BCUT2D eigenvalue weighted by molar-refractivity contribution is 7.14. The van der Waals surface area contributed by atoms with Crippen LogP contribution in [0.3, 0.4) is 0 Å². The highest BCUT2D eigenvalue weighted by atomic mass is 32.1. The van der Waals surface area contributed by atoms with Gasteiger partial charge in [0.1, 0.15) is 0 Å². The van der Waals surface area contributed by atoms with Crippen molar-refractivity contribution in [2.75, 3.05) is 59.0 Å². The largest absolute Gasteiger partial charge is 0.378 e. The predicted octanol–water partition coefficient (Wildman–Crippen LogP) is 1.38. The van der Waals surface area contributed by atoms with Crippen LogP contribution in [0.5, 0.6) is 0 Å². The Kier molecular flexibility index (Phi) is 5.42. The van der Waals surface area contributed by atoms with Crippen LogP contribution in [0, 0.1) is 0 Å². The fourth-order valence-corrected chi connectivity index (χ4v) is 4.88. The van der Waals surface area contributed by atoms with E-state index >= 15 is 0 Å². The molecule has 8 heteroatoms. The first-order valence-corrected chi connectivity index (χ1v) is 10.3. The predicted molar refractivity (Wildman–Crippen MR) is 99.6 cm³/mol. The molecule has 3 aliphatic heterocycles. The van der Waals surface area contributed by atoms with Gasteiger partial charge < -0.3 is 24.8 Å². The Morgan fingerprint density at radius 3 is 2.38 bits per heavy atom. The molecule has 0 saturated carbocycles. The van der Waals surface area contributed by atoms with E-state index in [-0.39, 0.29) is 11.9 Å². The van der Waals surface area contributed by atoms with Gasteiger partial charge >= 0.3 is 6.03 Å². The number of hydrogen-bond donors (Lipinski definition) is 1. The van der Waals surface area contributed by atoms with Crippen LogP contribution >= 0.6 is 11.3 Å². The maximum Gasteiger partial charge on any atom is 0.320 e. The Morgan fingerprint density at radius 1 is 1.00 bits per heavy atom. The topological polar surface area (TPSA) is 65.1 Å². The molecule has 0 bridgehead atoms. The van der Waals surface area contributed by atoms with Crippen LogP contribution in [0.2, 0.25) is 0 Å². The molecule has 1 aromatic heterocycles. The number of carbonyl (C=O) groups is 2. The van der Waals surface area contributed by atoms with Crippen LogP contribution < -0.4 is 5.32 Å². The second kappa shape index (κ2) is 7.94. The lowest BCUT2D eigenvalue weighted by molar-refractivity contribution is 0.0363. The third-order valence-electron chi connectivity index (χ3n) is 5.36. The zero-order valence-electron chi connectivity index (χ0n) is 15.0. The maximum atomic E-state index is 12.8. The number of nitrogens with one attached hydrogen (secondary N) is 1. The van der Waals surface area contributed by atoms with E-state index in [1.54, 1.807) is 11.3 Å². The van der Waals surface area contributed by atoms with Crippen molar-refractivity contribution < 1.29 is 14.3 Å². The number of ether oxygens (including phenoxy) is 1. The summed E-state index contributed by atoms with van der Waals surface area (Å²) in [6, 6.07) is 4.52. The SMILES string of the molecule is O=C(c1ccc(C2CCCN2)s1)N1CCN(C(=O)N2CCOCC2)CC1. The molecule has 3 aliphatic rings. The van der Waals surface area contributed by atoms with E-state index in [0.717, 1.165) is 17.8 Å². The molecule has 7 nitrogen and oxygen atoms in total. The number of carbonyl (C=O) groups excluding carboxylic acids is 2. The van der Waals surface area contributed by atoms with E-state index in [4.69, 9.17) is 4.74 Å². The minimum atomic E-state index is 0.0751. The molecule has 0 radical (unpaired) electrons. The van der Waals surface area contributed by atoms with Gasteiger partial charge in [0.05, 0.1) is 18.1 Å². The van der Waals surface area contributed by atoms with E-state index in [1.165, 1.54) is 11.3 Å². The maximum absolute atomic E-state index is 12.8. The molecule has 4 heterocycles. The number of urea groups is 1. The monoisotopic (exact) mass is 378 g/mol. The number of nitrogens with zero attached hydrogens (tertiary/aromatic N) is 3. The van der Waals surface area contributed by atoms with Gasteiger partial charge in [0, 0.05) is 50.2 Å². The number of piperazine rings is 1.